The lowest BCUT2D eigenvalue weighted by Gasteiger charge is -2.17. The molecule has 4 aromatic carbocycles. The standard InChI is InChI=1S/C28H17O6P/c29-35(30)33-27-23(19-9-11-31-15-19)13-17-5-1-3-7-21(17)25(27)26-22-8-4-2-6-18(22)14-24(28(26)34-35)20-10-12-32-16-20/h1-16H,(H,29,30). The fourth-order valence-electron chi connectivity index (χ4n) is 4.86. The van der Waals surface area contributed by atoms with Crippen LogP contribution in [-0.4, -0.2) is 4.89 Å². The highest BCUT2D eigenvalue weighted by Gasteiger charge is 2.37. The summed E-state index contributed by atoms with van der Waals surface area (Å²) in [5.41, 5.74) is 4.09. The van der Waals surface area contributed by atoms with Gasteiger partial charge in [-0.1, -0.05) is 48.5 Å². The summed E-state index contributed by atoms with van der Waals surface area (Å²) in [6.45, 7) is 0. The molecule has 0 saturated heterocycles. The van der Waals surface area contributed by atoms with Crippen LogP contribution in [0.3, 0.4) is 0 Å². The molecule has 1 N–H and O–H groups in total. The van der Waals surface area contributed by atoms with Crippen molar-refractivity contribution in [1.82, 2.24) is 0 Å². The van der Waals surface area contributed by atoms with Gasteiger partial charge in [0.25, 0.3) is 0 Å². The third-order valence-corrected chi connectivity index (χ3v) is 7.16. The van der Waals surface area contributed by atoms with Gasteiger partial charge in [0.1, 0.15) is 11.5 Å². The SMILES string of the molecule is O=P1(O)Oc2c(-c3ccoc3)cc3ccccc3c2-c2c(c(-c3ccoc3)cc3ccccc23)O1. The molecule has 0 amide bonds. The van der Waals surface area contributed by atoms with Gasteiger partial charge in [-0.3, -0.25) is 4.89 Å². The highest BCUT2D eigenvalue weighted by molar-refractivity contribution is 7.48. The van der Waals surface area contributed by atoms with E-state index < -0.39 is 7.82 Å². The number of furan rings is 2. The summed E-state index contributed by atoms with van der Waals surface area (Å²) >= 11 is 0. The summed E-state index contributed by atoms with van der Waals surface area (Å²) in [4.78, 5) is 10.9. The molecule has 1 aliphatic heterocycles. The third kappa shape index (κ3) is 3.12. The van der Waals surface area contributed by atoms with Crippen LogP contribution in [0.15, 0.2) is 107 Å². The minimum absolute atomic E-state index is 0.268. The molecule has 0 saturated carbocycles. The number of benzene rings is 4. The van der Waals surface area contributed by atoms with E-state index in [1.807, 2.05) is 60.7 Å². The number of phosphoric ester groups is 1. The smallest absolute Gasteiger partial charge is 0.472 e. The van der Waals surface area contributed by atoms with Crippen molar-refractivity contribution < 1.29 is 27.3 Å². The van der Waals surface area contributed by atoms with Crippen LogP contribution in [-0.2, 0) is 4.57 Å². The third-order valence-electron chi connectivity index (χ3n) is 6.33. The molecule has 0 fully saturated rings. The Labute approximate surface area is 199 Å². The van der Waals surface area contributed by atoms with Crippen LogP contribution in [0.2, 0.25) is 0 Å². The summed E-state index contributed by atoms with van der Waals surface area (Å²) < 4.78 is 35.7. The largest absolute Gasteiger partial charge is 0.584 e. The average Bonchev–Trinajstić information content (AvgIpc) is 3.56. The summed E-state index contributed by atoms with van der Waals surface area (Å²) in [7, 11) is -4.57. The summed E-state index contributed by atoms with van der Waals surface area (Å²) in [6.07, 6.45) is 6.29. The quantitative estimate of drug-likeness (QED) is 0.253. The van der Waals surface area contributed by atoms with Crippen LogP contribution in [0.5, 0.6) is 11.5 Å². The first-order valence-corrected chi connectivity index (χ1v) is 12.5. The monoisotopic (exact) mass is 480 g/mol. The van der Waals surface area contributed by atoms with E-state index in [-0.39, 0.29) is 11.5 Å². The van der Waals surface area contributed by atoms with Gasteiger partial charge in [0.15, 0.2) is 0 Å². The molecule has 170 valence electrons. The zero-order valence-electron chi connectivity index (χ0n) is 18.2. The fourth-order valence-corrected chi connectivity index (χ4v) is 5.73. The zero-order valence-corrected chi connectivity index (χ0v) is 19.1. The van der Waals surface area contributed by atoms with Gasteiger partial charge in [-0.05, 0) is 45.8 Å². The maximum atomic E-state index is 13.4. The van der Waals surface area contributed by atoms with E-state index in [4.69, 9.17) is 17.9 Å². The van der Waals surface area contributed by atoms with Crippen LogP contribution >= 0.6 is 7.82 Å². The second-order valence-electron chi connectivity index (χ2n) is 8.37. The topological polar surface area (TPSA) is 82.0 Å². The Balaban J connectivity index is 1.74. The average molecular weight is 480 g/mol. The van der Waals surface area contributed by atoms with Gasteiger partial charge in [-0.2, -0.15) is 0 Å². The first-order valence-electron chi connectivity index (χ1n) is 11.0. The Morgan fingerprint density at radius 2 is 1.09 bits per heavy atom. The van der Waals surface area contributed by atoms with E-state index in [1.165, 1.54) is 0 Å². The van der Waals surface area contributed by atoms with Gasteiger partial charge >= 0.3 is 7.82 Å². The van der Waals surface area contributed by atoms with Crippen molar-refractivity contribution in [3.8, 4) is 44.9 Å². The first-order chi connectivity index (χ1) is 17.1. The van der Waals surface area contributed by atoms with Crippen molar-refractivity contribution >= 4 is 29.4 Å². The first kappa shape index (κ1) is 20.2. The van der Waals surface area contributed by atoms with Crippen molar-refractivity contribution in [3.05, 3.63) is 97.8 Å². The molecule has 7 rings (SSSR count). The van der Waals surface area contributed by atoms with Crippen LogP contribution in [0.1, 0.15) is 0 Å². The predicted octanol–water partition coefficient (Wildman–Crippen LogP) is 8.05. The molecule has 0 unspecified atom stereocenters. The molecule has 7 heteroatoms. The number of phosphoric acid groups is 1. The zero-order chi connectivity index (χ0) is 23.6. The molecule has 6 nitrogen and oxygen atoms in total. The van der Waals surface area contributed by atoms with Crippen LogP contribution in [0.4, 0.5) is 0 Å². The van der Waals surface area contributed by atoms with E-state index in [9.17, 15) is 9.46 Å². The second-order valence-corrected chi connectivity index (χ2v) is 9.68. The molecular formula is C28H17O6P. The van der Waals surface area contributed by atoms with Crippen LogP contribution in [0, 0.1) is 0 Å². The van der Waals surface area contributed by atoms with E-state index in [2.05, 4.69) is 0 Å². The molecule has 0 spiro atoms. The van der Waals surface area contributed by atoms with Crippen LogP contribution in [0.25, 0.3) is 54.9 Å². The Morgan fingerprint density at radius 3 is 1.51 bits per heavy atom. The second kappa shape index (κ2) is 7.37. The van der Waals surface area contributed by atoms with E-state index in [1.54, 1.807) is 37.2 Å². The molecule has 0 radical (unpaired) electrons. The highest BCUT2D eigenvalue weighted by atomic mass is 31.2. The summed E-state index contributed by atoms with van der Waals surface area (Å²) in [6, 6.07) is 23.2. The minimum atomic E-state index is -4.57. The Bertz CT molecular complexity index is 1660. The predicted molar refractivity (Wildman–Crippen MR) is 133 cm³/mol. The molecule has 2 aromatic heterocycles. The van der Waals surface area contributed by atoms with Gasteiger partial charge in [0.2, 0.25) is 0 Å². The highest BCUT2D eigenvalue weighted by Crippen LogP contribution is 2.61. The molecule has 0 bridgehead atoms. The lowest BCUT2D eigenvalue weighted by atomic mass is 9.87. The van der Waals surface area contributed by atoms with E-state index >= 15 is 0 Å². The molecule has 3 heterocycles. The Hall–Kier alpha value is -4.25. The van der Waals surface area contributed by atoms with Gasteiger partial charge in [0, 0.05) is 33.4 Å². The number of hydrogen-bond acceptors (Lipinski definition) is 5. The van der Waals surface area contributed by atoms with Gasteiger partial charge < -0.3 is 17.9 Å². The number of hydrogen-bond donors (Lipinski definition) is 1. The number of rotatable bonds is 2. The van der Waals surface area contributed by atoms with E-state index in [0.717, 1.165) is 32.7 Å². The van der Waals surface area contributed by atoms with Crippen molar-refractivity contribution in [3.63, 3.8) is 0 Å². The Kier molecular flexibility index (Phi) is 4.25. The molecule has 35 heavy (non-hydrogen) atoms. The minimum Gasteiger partial charge on any atom is -0.472 e. The maximum absolute atomic E-state index is 13.4. The van der Waals surface area contributed by atoms with Gasteiger partial charge in [0.05, 0.1) is 25.1 Å². The molecule has 0 atom stereocenters. The molecular weight excluding hydrogens is 463 g/mol. The maximum Gasteiger partial charge on any atom is 0.584 e. The van der Waals surface area contributed by atoms with Gasteiger partial charge in [-0.15, -0.1) is 0 Å². The van der Waals surface area contributed by atoms with Crippen molar-refractivity contribution in [2.45, 2.75) is 0 Å². The molecule has 0 aliphatic carbocycles. The number of fused-ring (bicyclic) bond motifs is 7. The lowest BCUT2D eigenvalue weighted by Crippen LogP contribution is -1.99. The normalized spacial score (nSPS) is 14.1. The van der Waals surface area contributed by atoms with Gasteiger partial charge in [-0.25, -0.2) is 4.57 Å². The van der Waals surface area contributed by atoms with Crippen LogP contribution < -0.4 is 9.05 Å². The van der Waals surface area contributed by atoms with E-state index in [0.29, 0.717) is 22.3 Å². The van der Waals surface area contributed by atoms with Crippen molar-refractivity contribution in [2.75, 3.05) is 0 Å². The van der Waals surface area contributed by atoms with Crippen molar-refractivity contribution in [2.24, 2.45) is 0 Å². The molecule has 1 aliphatic rings. The van der Waals surface area contributed by atoms with Crippen molar-refractivity contribution in [1.29, 1.82) is 0 Å². The molecule has 6 aromatic rings. The lowest BCUT2D eigenvalue weighted by molar-refractivity contribution is 0.295. The Morgan fingerprint density at radius 1 is 0.629 bits per heavy atom. The fraction of sp³-hybridized carbons (Fsp3) is 0. The summed E-state index contributed by atoms with van der Waals surface area (Å²) in [5.74, 6) is 0.536. The summed E-state index contributed by atoms with van der Waals surface area (Å²) in [5, 5.41) is 3.64.